The highest BCUT2D eigenvalue weighted by Crippen LogP contribution is 2.26. The van der Waals surface area contributed by atoms with E-state index in [9.17, 15) is 9.59 Å². The lowest BCUT2D eigenvalue weighted by Gasteiger charge is -2.08. The molecule has 0 spiro atoms. The van der Waals surface area contributed by atoms with Gasteiger partial charge in [0, 0.05) is 29.2 Å². The first kappa shape index (κ1) is 16.8. The minimum atomic E-state index is -0.367. The molecule has 0 N–H and O–H groups in total. The summed E-state index contributed by atoms with van der Waals surface area (Å²) in [5.74, 6) is 0.373. The molecule has 1 aromatic heterocycles. The third-order valence-corrected chi connectivity index (χ3v) is 4.02. The van der Waals surface area contributed by atoms with E-state index in [2.05, 4.69) is 0 Å². The fraction of sp³-hybridized carbons (Fsp3) is 0.200. The van der Waals surface area contributed by atoms with Crippen LogP contribution in [0.4, 0.5) is 0 Å². The zero-order valence-corrected chi connectivity index (χ0v) is 14.2. The van der Waals surface area contributed by atoms with E-state index in [1.54, 1.807) is 12.1 Å². The van der Waals surface area contributed by atoms with Gasteiger partial charge in [0.05, 0.1) is 19.3 Å². The molecular weight excluding hydrogens is 318 g/mol. The molecule has 0 unspecified atom stereocenters. The van der Waals surface area contributed by atoms with Crippen molar-refractivity contribution in [1.29, 1.82) is 0 Å². The molecule has 3 aromatic rings. The second-order valence-corrected chi connectivity index (χ2v) is 5.63. The van der Waals surface area contributed by atoms with Crippen LogP contribution in [-0.2, 0) is 11.3 Å². The smallest absolute Gasteiger partial charge is 0.337 e. The lowest BCUT2D eigenvalue weighted by atomic mass is 10.1. The molecule has 128 valence electrons. The highest BCUT2D eigenvalue weighted by molar-refractivity contribution is 5.98. The molecule has 0 aliphatic carbocycles. The number of carbonyl (C=O) groups is 2. The van der Waals surface area contributed by atoms with E-state index >= 15 is 0 Å². The Bertz CT molecular complexity index is 927. The average Bonchev–Trinajstić information content (AvgIpc) is 2.98. The molecule has 2 aromatic carbocycles. The van der Waals surface area contributed by atoms with Crippen molar-refractivity contribution in [2.45, 2.75) is 13.5 Å². The van der Waals surface area contributed by atoms with Gasteiger partial charge in [0.15, 0.2) is 6.29 Å². The minimum Gasteiger partial charge on any atom is -0.494 e. The Morgan fingerprint density at radius 3 is 2.76 bits per heavy atom. The number of esters is 1. The van der Waals surface area contributed by atoms with Gasteiger partial charge in [0.2, 0.25) is 0 Å². The molecule has 0 bridgehead atoms. The Morgan fingerprint density at radius 1 is 1.20 bits per heavy atom. The van der Waals surface area contributed by atoms with Crippen molar-refractivity contribution in [3.8, 4) is 5.75 Å². The fourth-order valence-corrected chi connectivity index (χ4v) is 2.90. The number of fused-ring (bicyclic) bond motifs is 1. The van der Waals surface area contributed by atoms with Crippen molar-refractivity contribution in [2.24, 2.45) is 0 Å². The summed E-state index contributed by atoms with van der Waals surface area (Å²) in [6.45, 7) is 3.04. The molecule has 0 radical (unpaired) electrons. The topological polar surface area (TPSA) is 57.5 Å². The first-order valence-electron chi connectivity index (χ1n) is 8.04. The van der Waals surface area contributed by atoms with Crippen molar-refractivity contribution in [3.63, 3.8) is 0 Å². The predicted molar refractivity (Wildman–Crippen MR) is 95.4 cm³/mol. The summed E-state index contributed by atoms with van der Waals surface area (Å²) in [7, 11) is 1.36. The van der Waals surface area contributed by atoms with Crippen molar-refractivity contribution < 1.29 is 19.1 Å². The average molecular weight is 337 g/mol. The van der Waals surface area contributed by atoms with Crippen LogP contribution in [-0.4, -0.2) is 30.5 Å². The number of nitrogens with zero attached hydrogens (tertiary/aromatic N) is 1. The molecule has 0 saturated heterocycles. The molecular formula is C20H19NO4. The summed E-state index contributed by atoms with van der Waals surface area (Å²) >= 11 is 0. The second kappa shape index (κ2) is 7.21. The van der Waals surface area contributed by atoms with E-state index in [1.807, 2.05) is 48.0 Å². The summed E-state index contributed by atoms with van der Waals surface area (Å²) in [6.07, 6.45) is 2.66. The normalized spacial score (nSPS) is 10.6. The summed E-state index contributed by atoms with van der Waals surface area (Å²) in [5.41, 5.74) is 3.01. The van der Waals surface area contributed by atoms with E-state index in [0.717, 1.165) is 28.5 Å². The van der Waals surface area contributed by atoms with E-state index in [1.165, 1.54) is 7.11 Å². The van der Waals surface area contributed by atoms with Gasteiger partial charge >= 0.3 is 5.97 Å². The number of carbonyl (C=O) groups excluding carboxylic acids is 2. The van der Waals surface area contributed by atoms with Gasteiger partial charge in [-0.3, -0.25) is 4.79 Å². The Balaban J connectivity index is 1.99. The molecule has 0 saturated carbocycles. The van der Waals surface area contributed by atoms with Crippen molar-refractivity contribution >= 4 is 23.2 Å². The van der Waals surface area contributed by atoms with Crippen LogP contribution in [0.2, 0.25) is 0 Å². The molecule has 0 aliphatic rings. The van der Waals surface area contributed by atoms with Crippen LogP contribution in [0.1, 0.15) is 33.2 Å². The predicted octanol–water partition coefficient (Wildman–Crippen LogP) is 3.69. The SMILES string of the molecule is CCOc1ccc2c(c1)c(C=O)cn2Cc1cccc(C(=O)OC)c1. The van der Waals surface area contributed by atoms with Gasteiger partial charge < -0.3 is 14.0 Å². The van der Waals surface area contributed by atoms with Gasteiger partial charge in [-0.2, -0.15) is 0 Å². The van der Waals surface area contributed by atoms with Gasteiger partial charge in [-0.25, -0.2) is 4.79 Å². The second-order valence-electron chi connectivity index (χ2n) is 5.63. The third kappa shape index (κ3) is 3.40. The highest BCUT2D eigenvalue weighted by Gasteiger charge is 2.11. The van der Waals surface area contributed by atoms with Gasteiger partial charge in [0.1, 0.15) is 5.75 Å². The summed E-state index contributed by atoms with van der Waals surface area (Å²) in [5, 5.41) is 0.852. The van der Waals surface area contributed by atoms with Crippen LogP contribution in [0.3, 0.4) is 0 Å². The maximum Gasteiger partial charge on any atom is 0.337 e. The number of aromatic nitrogens is 1. The van der Waals surface area contributed by atoms with E-state index in [4.69, 9.17) is 9.47 Å². The van der Waals surface area contributed by atoms with E-state index in [0.29, 0.717) is 24.3 Å². The number of hydrogen-bond acceptors (Lipinski definition) is 4. The number of ether oxygens (including phenoxy) is 2. The fourth-order valence-electron chi connectivity index (χ4n) is 2.90. The third-order valence-electron chi connectivity index (χ3n) is 4.02. The zero-order valence-electron chi connectivity index (χ0n) is 14.2. The van der Waals surface area contributed by atoms with Gasteiger partial charge in [-0.05, 0) is 42.8 Å². The monoisotopic (exact) mass is 337 g/mol. The maximum atomic E-state index is 11.7. The first-order chi connectivity index (χ1) is 12.2. The maximum absolute atomic E-state index is 11.7. The molecule has 25 heavy (non-hydrogen) atoms. The van der Waals surface area contributed by atoms with E-state index < -0.39 is 0 Å². The molecule has 5 heteroatoms. The van der Waals surface area contributed by atoms with Gasteiger partial charge in [-0.15, -0.1) is 0 Å². The molecule has 3 rings (SSSR count). The van der Waals surface area contributed by atoms with Crippen LogP contribution in [0.5, 0.6) is 5.75 Å². The summed E-state index contributed by atoms with van der Waals surface area (Å²) < 4.78 is 12.3. The highest BCUT2D eigenvalue weighted by atomic mass is 16.5. The first-order valence-corrected chi connectivity index (χ1v) is 8.04. The number of benzene rings is 2. The lowest BCUT2D eigenvalue weighted by molar-refractivity contribution is 0.0600. The number of rotatable bonds is 6. The Morgan fingerprint density at radius 2 is 2.04 bits per heavy atom. The summed E-state index contributed by atoms with van der Waals surface area (Å²) in [4.78, 5) is 23.1. The van der Waals surface area contributed by atoms with Crippen molar-refractivity contribution in [2.75, 3.05) is 13.7 Å². The largest absolute Gasteiger partial charge is 0.494 e. The molecule has 1 heterocycles. The van der Waals surface area contributed by atoms with Gasteiger partial charge in [0.25, 0.3) is 0 Å². The standard InChI is InChI=1S/C20H19NO4/c1-3-25-17-7-8-19-18(10-17)16(13-22)12-21(19)11-14-5-4-6-15(9-14)20(23)24-2/h4-10,12-13H,3,11H2,1-2H3. The molecule has 5 nitrogen and oxygen atoms in total. The van der Waals surface area contributed by atoms with Crippen LogP contribution in [0.15, 0.2) is 48.7 Å². The van der Waals surface area contributed by atoms with Crippen LogP contribution in [0, 0.1) is 0 Å². The quantitative estimate of drug-likeness (QED) is 0.508. The number of aldehydes is 1. The lowest BCUT2D eigenvalue weighted by Crippen LogP contribution is -2.03. The minimum absolute atomic E-state index is 0.367. The molecule has 0 fully saturated rings. The van der Waals surface area contributed by atoms with Crippen LogP contribution in [0.25, 0.3) is 10.9 Å². The van der Waals surface area contributed by atoms with Gasteiger partial charge in [-0.1, -0.05) is 12.1 Å². The summed E-state index contributed by atoms with van der Waals surface area (Å²) in [6, 6.07) is 13.0. The van der Waals surface area contributed by atoms with Crippen molar-refractivity contribution in [3.05, 3.63) is 65.4 Å². The van der Waals surface area contributed by atoms with Crippen LogP contribution >= 0.6 is 0 Å². The zero-order chi connectivity index (χ0) is 17.8. The van der Waals surface area contributed by atoms with Crippen molar-refractivity contribution in [1.82, 2.24) is 4.57 Å². The Hall–Kier alpha value is -3.08. The Labute approximate surface area is 145 Å². The molecule has 0 atom stereocenters. The number of methoxy groups -OCH3 is 1. The molecule has 0 amide bonds. The number of hydrogen-bond donors (Lipinski definition) is 0. The van der Waals surface area contributed by atoms with E-state index in [-0.39, 0.29) is 5.97 Å². The molecule has 0 aliphatic heterocycles. The Kier molecular flexibility index (Phi) is 4.84. The van der Waals surface area contributed by atoms with Crippen LogP contribution < -0.4 is 4.74 Å².